The van der Waals surface area contributed by atoms with Crippen LogP contribution in [0.1, 0.15) is 63.0 Å². The summed E-state index contributed by atoms with van der Waals surface area (Å²) in [6.45, 7) is 11.5. The SMILES string of the molecule is CC(C)(C)C(=O)Nc1nnc(S(=O)(=O)Nc2cccc(C(=O)c3ccc(C(C)(C)C)cc3)c2)s1. The molecule has 2 N–H and O–H groups in total. The molecule has 0 aliphatic carbocycles. The fourth-order valence-corrected chi connectivity index (χ4v) is 4.81. The molecule has 180 valence electrons. The first-order valence-corrected chi connectivity index (χ1v) is 12.9. The number of hydrogen-bond acceptors (Lipinski definition) is 7. The molecule has 1 aromatic heterocycles. The Morgan fingerprint density at radius 3 is 2.12 bits per heavy atom. The first-order chi connectivity index (χ1) is 15.7. The van der Waals surface area contributed by atoms with E-state index in [1.54, 1.807) is 51.1 Å². The minimum Gasteiger partial charge on any atom is -0.300 e. The summed E-state index contributed by atoms with van der Waals surface area (Å²) in [5, 5.41) is 10.1. The van der Waals surface area contributed by atoms with Crippen molar-refractivity contribution < 1.29 is 18.0 Å². The number of sulfonamides is 1. The van der Waals surface area contributed by atoms with Crippen molar-refractivity contribution in [3.63, 3.8) is 0 Å². The van der Waals surface area contributed by atoms with E-state index in [0.717, 1.165) is 16.9 Å². The molecule has 0 aliphatic heterocycles. The Morgan fingerprint density at radius 1 is 0.882 bits per heavy atom. The van der Waals surface area contributed by atoms with E-state index in [1.165, 1.54) is 6.07 Å². The highest BCUT2D eigenvalue weighted by Gasteiger charge is 2.25. The fourth-order valence-electron chi connectivity index (χ4n) is 2.86. The highest BCUT2D eigenvalue weighted by molar-refractivity contribution is 7.94. The Bertz CT molecular complexity index is 1320. The third-order valence-corrected chi connectivity index (χ3v) is 7.52. The van der Waals surface area contributed by atoms with Crippen LogP contribution in [0.5, 0.6) is 0 Å². The zero-order valence-electron chi connectivity index (χ0n) is 20.0. The van der Waals surface area contributed by atoms with Crippen LogP contribution < -0.4 is 10.0 Å². The van der Waals surface area contributed by atoms with Crippen LogP contribution in [0, 0.1) is 5.41 Å². The van der Waals surface area contributed by atoms with Crippen molar-refractivity contribution in [3.8, 4) is 0 Å². The Kier molecular flexibility index (Phi) is 6.95. The largest absolute Gasteiger partial charge is 0.300 e. The molecule has 3 aromatic rings. The number of hydrogen-bond donors (Lipinski definition) is 2. The summed E-state index contributed by atoms with van der Waals surface area (Å²) in [6.07, 6.45) is 0. The number of nitrogens with zero attached hydrogens (tertiary/aromatic N) is 2. The van der Waals surface area contributed by atoms with Gasteiger partial charge in [0.25, 0.3) is 14.4 Å². The molecule has 0 spiro atoms. The van der Waals surface area contributed by atoms with Crippen LogP contribution in [0.4, 0.5) is 10.8 Å². The summed E-state index contributed by atoms with van der Waals surface area (Å²) in [5.74, 6) is -0.521. The molecule has 0 saturated carbocycles. The van der Waals surface area contributed by atoms with Crippen LogP contribution in [0.25, 0.3) is 0 Å². The van der Waals surface area contributed by atoms with Gasteiger partial charge < -0.3 is 5.32 Å². The molecule has 3 rings (SSSR count). The second-order valence-electron chi connectivity index (χ2n) is 9.92. The zero-order valence-corrected chi connectivity index (χ0v) is 21.6. The highest BCUT2D eigenvalue weighted by atomic mass is 32.2. The minimum absolute atomic E-state index is 0.0279. The van der Waals surface area contributed by atoms with Crippen molar-refractivity contribution in [2.24, 2.45) is 5.41 Å². The standard InChI is InChI=1S/C24H28N4O4S2/c1-23(2,3)17-12-10-15(11-13-17)19(29)16-8-7-9-18(14-16)28-34(31,32)22-27-26-21(33-22)25-20(30)24(4,5)6/h7-14,28H,1-6H3,(H,25,26,30). The zero-order chi connectivity index (χ0) is 25.3. The van der Waals surface area contributed by atoms with Crippen LogP contribution in [-0.2, 0) is 20.2 Å². The lowest BCUT2D eigenvalue weighted by Crippen LogP contribution is -2.27. The van der Waals surface area contributed by atoms with E-state index in [9.17, 15) is 18.0 Å². The predicted octanol–water partition coefficient (Wildman–Crippen LogP) is 4.85. The van der Waals surface area contributed by atoms with Gasteiger partial charge in [0.2, 0.25) is 11.0 Å². The monoisotopic (exact) mass is 500 g/mol. The number of aromatic nitrogens is 2. The molecule has 0 unspecified atom stereocenters. The number of rotatable bonds is 6. The second-order valence-corrected chi connectivity index (χ2v) is 12.8. The van der Waals surface area contributed by atoms with Gasteiger partial charge in [0, 0.05) is 22.2 Å². The van der Waals surface area contributed by atoms with Crippen LogP contribution in [0.2, 0.25) is 0 Å². The van der Waals surface area contributed by atoms with Gasteiger partial charge in [-0.2, -0.15) is 8.42 Å². The van der Waals surface area contributed by atoms with E-state index in [-0.39, 0.29) is 32.3 Å². The molecule has 8 nitrogen and oxygen atoms in total. The quantitative estimate of drug-likeness (QED) is 0.369. The average molecular weight is 501 g/mol. The van der Waals surface area contributed by atoms with Crippen molar-refractivity contribution in [2.75, 3.05) is 10.0 Å². The average Bonchev–Trinajstić information content (AvgIpc) is 3.21. The molecule has 0 bridgehead atoms. The van der Waals surface area contributed by atoms with Gasteiger partial charge in [-0.05, 0) is 23.1 Å². The summed E-state index contributed by atoms with van der Waals surface area (Å²) < 4.78 is 27.7. The number of carbonyl (C=O) groups is 2. The van der Waals surface area contributed by atoms with E-state index in [2.05, 4.69) is 41.0 Å². The van der Waals surface area contributed by atoms with Crippen molar-refractivity contribution in [2.45, 2.75) is 51.3 Å². The van der Waals surface area contributed by atoms with E-state index < -0.39 is 15.4 Å². The van der Waals surface area contributed by atoms with Crippen molar-refractivity contribution in [3.05, 3.63) is 65.2 Å². The third-order valence-electron chi connectivity index (χ3n) is 4.93. The fraction of sp³-hybridized carbons (Fsp3) is 0.333. The molecule has 1 amide bonds. The summed E-state index contributed by atoms with van der Waals surface area (Å²) in [5.41, 5.74) is 1.49. The van der Waals surface area contributed by atoms with Crippen LogP contribution >= 0.6 is 11.3 Å². The number of ketones is 1. The second kappa shape index (κ2) is 9.27. The van der Waals surface area contributed by atoms with Crippen molar-refractivity contribution in [1.29, 1.82) is 0 Å². The Morgan fingerprint density at radius 2 is 1.53 bits per heavy atom. The van der Waals surface area contributed by atoms with Crippen molar-refractivity contribution >= 4 is 43.9 Å². The van der Waals surface area contributed by atoms with Gasteiger partial charge in [-0.1, -0.05) is 89.3 Å². The maximum Gasteiger partial charge on any atom is 0.291 e. The number of anilines is 2. The molecule has 2 aromatic carbocycles. The van der Waals surface area contributed by atoms with Gasteiger partial charge >= 0.3 is 0 Å². The van der Waals surface area contributed by atoms with Gasteiger partial charge in [0.05, 0.1) is 0 Å². The predicted molar refractivity (Wildman–Crippen MR) is 134 cm³/mol. The lowest BCUT2D eigenvalue weighted by molar-refractivity contribution is -0.123. The maximum atomic E-state index is 12.9. The van der Waals surface area contributed by atoms with Gasteiger partial charge in [-0.25, -0.2) is 0 Å². The summed E-state index contributed by atoms with van der Waals surface area (Å²) in [6, 6.07) is 13.6. The van der Waals surface area contributed by atoms with E-state index in [4.69, 9.17) is 0 Å². The Balaban J connectivity index is 1.77. The lowest BCUT2D eigenvalue weighted by atomic mass is 9.86. The minimum atomic E-state index is -4.06. The van der Waals surface area contributed by atoms with Crippen molar-refractivity contribution in [1.82, 2.24) is 10.2 Å². The molecule has 0 fully saturated rings. The van der Waals surface area contributed by atoms with Crippen LogP contribution in [0.3, 0.4) is 0 Å². The van der Waals surface area contributed by atoms with E-state index in [0.29, 0.717) is 11.1 Å². The first-order valence-electron chi connectivity index (χ1n) is 10.6. The van der Waals surface area contributed by atoms with E-state index in [1.807, 2.05) is 12.1 Å². The van der Waals surface area contributed by atoms with Gasteiger partial charge in [0.15, 0.2) is 5.78 Å². The van der Waals surface area contributed by atoms with Crippen LogP contribution in [0.15, 0.2) is 52.9 Å². The number of amides is 1. The molecule has 10 heteroatoms. The molecule has 34 heavy (non-hydrogen) atoms. The normalized spacial score (nSPS) is 12.3. The third kappa shape index (κ3) is 6.06. The number of nitrogens with one attached hydrogen (secondary N) is 2. The van der Waals surface area contributed by atoms with Gasteiger partial charge in [-0.3, -0.25) is 14.3 Å². The van der Waals surface area contributed by atoms with E-state index >= 15 is 0 Å². The number of benzene rings is 2. The summed E-state index contributed by atoms with van der Waals surface area (Å²) >= 11 is 0.743. The smallest absolute Gasteiger partial charge is 0.291 e. The van der Waals surface area contributed by atoms with Gasteiger partial charge in [0.1, 0.15) is 0 Å². The molecule has 1 heterocycles. The number of carbonyl (C=O) groups excluding carboxylic acids is 2. The topological polar surface area (TPSA) is 118 Å². The lowest BCUT2D eigenvalue weighted by Gasteiger charge is -2.19. The Hall–Kier alpha value is -3.11. The summed E-state index contributed by atoms with van der Waals surface area (Å²) in [4.78, 5) is 25.0. The summed E-state index contributed by atoms with van der Waals surface area (Å²) in [7, 11) is -4.06. The molecule has 0 saturated heterocycles. The molecule has 0 radical (unpaired) electrons. The van der Waals surface area contributed by atoms with Gasteiger partial charge in [-0.15, -0.1) is 10.2 Å². The highest BCUT2D eigenvalue weighted by Crippen LogP contribution is 2.26. The Labute approximate surface area is 203 Å². The molecule has 0 aliphatic rings. The first kappa shape index (κ1) is 25.5. The molecule has 0 atom stereocenters. The maximum absolute atomic E-state index is 12.9. The molecular formula is C24H28N4O4S2. The molecular weight excluding hydrogens is 472 g/mol. The van der Waals surface area contributed by atoms with Crippen LogP contribution in [-0.4, -0.2) is 30.3 Å².